The SMILES string of the molecule is Cc1cc2cnc(C)n2c(=O)[nH]1. The minimum Gasteiger partial charge on any atom is -0.311 e. The summed E-state index contributed by atoms with van der Waals surface area (Å²) in [6.07, 6.45) is 1.69. The van der Waals surface area contributed by atoms with E-state index in [1.807, 2.05) is 13.0 Å². The van der Waals surface area contributed by atoms with Crippen LogP contribution in [0.4, 0.5) is 0 Å². The molecule has 2 rings (SSSR count). The van der Waals surface area contributed by atoms with Crippen molar-refractivity contribution in [3.8, 4) is 0 Å². The van der Waals surface area contributed by atoms with E-state index in [0.717, 1.165) is 11.2 Å². The van der Waals surface area contributed by atoms with Crippen molar-refractivity contribution in [1.29, 1.82) is 0 Å². The summed E-state index contributed by atoms with van der Waals surface area (Å²) in [5, 5.41) is 0. The molecule has 0 aliphatic carbocycles. The molecule has 4 heteroatoms. The van der Waals surface area contributed by atoms with E-state index in [2.05, 4.69) is 9.97 Å². The maximum Gasteiger partial charge on any atom is 0.331 e. The van der Waals surface area contributed by atoms with Crippen LogP contribution < -0.4 is 5.69 Å². The van der Waals surface area contributed by atoms with Crippen molar-refractivity contribution >= 4 is 5.52 Å². The van der Waals surface area contributed by atoms with Crippen LogP contribution in [-0.2, 0) is 0 Å². The van der Waals surface area contributed by atoms with Gasteiger partial charge < -0.3 is 4.98 Å². The topological polar surface area (TPSA) is 50.2 Å². The number of aromatic nitrogens is 3. The van der Waals surface area contributed by atoms with E-state index in [-0.39, 0.29) is 5.69 Å². The minimum atomic E-state index is -0.125. The highest BCUT2D eigenvalue weighted by atomic mass is 16.1. The zero-order chi connectivity index (χ0) is 8.72. The van der Waals surface area contributed by atoms with Gasteiger partial charge in [-0.15, -0.1) is 0 Å². The predicted octanol–water partition coefficient (Wildman–Crippen LogP) is 0.639. The van der Waals surface area contributed by atoms with Crippen molar-refractivity contribution in [2.45, 2.75) is 13.8 Å². The number of H-pyrrole nitrogens is 1. The molecule has 0 fully saturated rings. The van der Waals surface area contributed by atoms with E-state index in [9.17, 15) is 4.79 Å². The maximum atomic E-state index is 11.3. The molecule has 0 atom stereocenters. The second-order valence-corrected chi connectivity index (χ2v) is 2.82. The molecule has 0 bridgehead atoms. The van der Waals surface area contributed by atoms with Gasteiger partial charge in [-0.05, 0) is 19.9 Å². The Kier molecular flexibility index (Phi) is 1.30. The van der Waals surface area contributed by atoms with Crippen LogP contribution >= 0.6 is 0 Å². The van der Waals surface area contributed by atoms with Crippen LogP contribution in [-0.4, -0.2) is 14.4 Å². The molecule has 1 N–H and O–H groups in total. The second kappa shape index (κ2) is 2.20. The van der Waals surface area contributed by atoms with Gasteiger partial charge in [0.1, 0.15) is 5.82 Å². The smallest absolute Gasteiger partial charge is 0.311 e. The van der Waals surface area contributed by atoms with E-state index in [4.69, 9.17) is 0 Å². The molecule has 0 aliphatic rings. The summed E-state index contributed by atoms with van der Waals surface area (Å²) >= 11 is 0. The van der Waals surface area contributed by atoms with Gasteiger partial charge in [0.05, 0.1) is 11.7 Å². The molecule has 62 valence electrons. The first-order valence-electron chi connectivity index (χ1n) is 3.72. The Hall–Kier alpha value is -1.58. The van der Waals surface area contributed by atoms with Crippen LogP contribution in [0.15, 0.2) is 17.1 Å². The lowest BCUT2D eigenvalue weighted by Gasteiger charge is -1.95. The fourth-order valence-corrected chi connectivity index (χ4v) is 1.31. The predicted molar refractivity (Wildman–Crippen MR) is 45.3 cm³/mol. The van der Waals surface area contributed by atoms with Crippen LogP contribution in [0.3, 0.4) is 0 Å². The van der Waals surface area contributed by atoms with Gasteiger partial charge in [-0.2, -0.15) is 0 Å². The van der Waals surface area contributed by atoms with Gasteiger partial charge in [0.15, 0.2) is 0 Å². The summed E-state index contributed by atoms with van der Waals surface area (Å²) in [6, 6.07) is 1.89. The van der Waals surface area contributed by atoms with Crippen LogP contribution in [0.1, 0.15) is 11.5 Å². The Bertz CT molecular complexity index is 480. The molecule has 2 aromatic heterocycles. The number of rotatable bonds is 0. The third-order valence-corrected chi connectivity index (χ3v) is 1.84. The maximum absolute atomic E-state index is 11.3. The van der Waals surface area contributed by atoms with E-state index in [1.165, 1.54) is 0 Å². The van der Waals surface area contributed by atoms with Crippen molar-refractivity contribution in [3.05, 3.63) is 34.3 Å². The van der Waals surface area contributed by atoms with E-state index < -0.39 is 0 Å². The minimum absolute atomic E-state index is 0.125. The number of fused-ring (bicyclic) bond motifs is 1. The molecule has 0 amide bonds. The van der Waals surface area contributed by atoms with E-state index >= 15 is 0 Å². The summed E-state index contributed by atoms with van der Waals surface area (Å²) in [5.41, 5.74) is 1.57. The van der Waals surface area contributed by atoms with Gasteiger partial charge in [0.2, 0.25) is 0 Å². The Morgan fingerprint density at radius 2 is 2.25 bits per heavy atom. The first kappa shape index (κ1) is 7.09. The van der Waals surface area contributed by atoms with E-state index in [0.29, 0.717) is 5.82 Å². The molecule has 0 unspecified atom stereocenters. The number of hydrogen-bond acceptors (Lipinski definition) is 2. The average molecular weight is 163 g/mol. The molecule has 4 nitrogen and oxygen atoms in total. The highest BCUT2D eigenvalue weighted by Crippen LogP contribution is 2.02. The first-order valence-corrected chi connectivity index (χ1v) is 3.72. The molecule has 0 aliphatic heterocycles. The van der Waals surface area contributed by atoms with Crippen LogP contribution in [0.25, 0.3) is 5.52 Å². The molecule has 12 heavy (non-hydrogen) atoms. The Morgan fingerprint density at radius 1 is 1.50 bits per heavy atom. The second-order valence-electron chi connectivity index (χ2n) is 2.82. The standard InChI is InChI=1S/C8H9N3O/c1-5-3-7-4-9-6(2)11(7)8(12)10-5/h3-4H,1-2H3,(H,10,12). The third-order valence-electron chi connectivity index (χ3n) is 1.84. The lowest BCUT2D eigenvalue weighted by molar-refractivity contribution is 0.924. The number of imidazole rings is 1. The quantitative estimate of drug-likeness (QED) is 0.619. The zero-order valence-electron chi connectivity index (χ0n) is 6.96. The average Bonchev–Trinajstić information content (AvgIpc) is 2.31. The fraction of sp³-hybridized carbons (Fsp3) is 0.250. The van der Waals surface area contributed by atoms with Crippen molar-refractivity contribution in [3.63, 3.8) is 0 Å². The molecule has 0 aromatic carbocycles. The molecular weight excluding hydrogens is 154 g/mol. The monoisotopic (exact) mass is 163 g/mol. The normalized spacial score (nSPS) is 10.8. The summed E-state index contributed by atoms with van der Waals surface area (Å²) < 4.78 is 1.55. The van der Waals surface area contributed by atoms with Crippen LogP contribution in [0.5, 0.6) is 0 Å². The summed E-state index contributed by atoms with van der Waals surface area (Å²) in [4.78, 5) is 18.1. The molecule has 0 spiro atoms. The first-order chi connectivity index (χ1) is 5.68. The number of aromatic amines is 1. The number of aryl methyl sites for hydroxylation is 2. The summed E-state index contributed by atoms with van der Waals surface area (Å²) in [6.45, 7) is 3.65. The zero-order valence-corrected chi connectivity index (χ0v) is 6.96. The molecule has 2 aromatic rings. The van der Waals surface area contributed by atoms with Crippen molar-refractivity contribution in [2.75, 3.05) is 0 Å². The third kappa shape index (κ3) is 0.845. The van der Waals surface area contributed by atoms with E-state index in [1.54, 1.807) is 17.5 Å². The molecular formula is C8H9N3O. The van der Waals surface area contributed by atoms with Gasteiger partial charge >= 0.3 is 5.69 Å². The highest BCUT2D eigenvalue weighted by molar-refractivity contribution is 5.45. The number of nitrogens with one attached hydrogen (secondary N) is 1. The lowest BCUT2D eigenvalue weighted by Crippen LogP contribution is -2.17. The Balaban J connectivity index is 3.03. The van der Waals surface area contributed by atoms with Crippen LogP contribution in [0, 0.1) is 13.8 Å². The molecule has 0 radical (unpaired) electrons. The van der Waals surface area contributed by atoms with Gasteiger partial charge in [0.25, 0.3) is 0 Å². The summed E-state index contributed by atoms with van der Waals surface area (Å²) in [5.74, 6) is 0.714. The molecule has 0 saturated heterocycles. The van der Waals surface area contributed by atoms with Crippen molar-refractivity contribution in [1.82, 2.24) is 14.4 Å². The van der Waals surface area contributed by atoms with Crippen molar-refractivity contribution < 1.29 is 0 Å². The summed E-state index contributed by atoms with van der Waals surface area (Å²) in [7, 11) is 0. The highest BCUT2D eigenvalue weighted by Gasteiger charge is 2.01. The Morgan fingerprint density at radius 3 is 3.00 bits per heavy atom. The lowest BCUT2D eigenvalue weighted by atomic mass is 10.4. The molecule has 0 saturated carbocycles. The van der Waals surface area contributed by atoms with Gasteiger partial charge in [-0.1, -0.05) is 0 Å². The Labute approximate surface area is 68.9 Å². The number of hydrogen-bond donors (Lipinski definition) is 1. The van der Waals surface area contributed by atoms with Gasteiger partial charge in [0, 0.05) is 5.69 Å². The molecule has 2 heterocycles. The largest absolute Gasteiger partial charge is 0.331 e. The van der Waals surface area contributed by atoms with Crippen LogP contribution in [0.2, 0.25) is 0 Å². The van der Waals surface area contributed by atoms with Gasteiger partial charge in [-0.25, -0.2) is 14.2 Å². The van der Waals surface area contributed by atoms with Crippen molar-refractivity contribution in [2.24, 2.45) is 0 Å². The van der Waals surface area contributed by atoms with Gasteiger partial charge in [-0.3, -0.25) is 0 Å². The number of nitrogens with zero attached hydrogens (tertiary/aromatic N) is 2. The fourth-order valence-electron chi connectivity index (χ4n) is 1.31.